The van der Waals surface area contributed by atoms with Gasteiger partial charge in [-0.2, -0.15) is 0 Å². The first-order valence-electron chi connectivity index (χ1n) is 6.48. The van der Waals surface area contributed by atoms with Crippen molar-refractivity contribution in [2.24, 2.45) is 0 Å². The Morgan fingerprint density at radius 3 is 2.60 bits per heavy atom. The van der Waals surface area contributed by atoms with Gasteiger partial charge in [-0.15, -0.1) is 0 Å². The molecule has 3 rings (SSSR count). The van der Waals surface area contributed by atoms with E-state index in [2.05, 4.69) is 25.1 Å². The molecule has 0 aliphatic carbocycles. The maximum atomic E-state index is 5.80. The van der Waals surface area contributed by atoms with Crippen molar-refractivity contribution < 1.29 is 4.74 Å². The summed E-state index contributed by atoms with van der Waals surface area (Å²) in [5.41, 5.74) is 4.45. The molecule has 100 valence electrons. The van der Waals surface area contributed by atoms with Crippen molar-refractivity contribution in [1.82, 2.24) is 0 Å². The number of hydrogen-bond acceptors (Lipinski definition) is 2. The molecule has 0 fully saturated rings. The first-order chi connectivity index (χ1) is 9.65. The molecule has 1 aliphatic rings. The van der Waals surface area contributed by atoms with Crippen LogP contribution in [0.3, 0.4) is 0 Å². The fourth-order valence-corrected chi connectivity index (χ4v) is 2.45. The highest BCUT2D eigenvalue weighted by Gasteiger charge is 2.23. The second kappa shape index (κ2) is 5.10. The Kier molecular flexibility index (Phi) is 3.28. The van der Waals surface area contributed by atoms with Crippen LogP contribution in [0.4, 0.5) is 5.69 Å². The quantitative estimate of drug-likeness (QED) is 0.725. The van der Waals surface area contributed by atoms with Crippen LogP contribution in [-0.2, 0) is 4.74 Å². The average molecular weight is 281 g/mol. The van der Waals surface area contributed by atoms with Crippen LogP contribution in [0, 0.1) is 6.92 Å². The van der Waals surface area contributed by atoms with E-state index >= 15 is 0 Å². The zero-order chi connectivity index (χ0) is 14.1. The summed E-state index contributed by atoms with van der Waals surface area (Å²) in [6.45, 7) is 2.08. The highest BCUT2D eigenvalue weighted by Crippen LogP contribution is 2.35. The molecule has 0 atom stereocenters. The second-order valence-electron chi connectivity index (χ2n) is 4.87. The van der Waals surface area contributed by atoms with Crippen molar-refractivity contribution in [3.8, 4) is 0 Å². The molecule has 0 unspecified atom stereocenters. The number of hydrogen-bond donors (Lipinski definition) is 0. The third-order valence-electron chi connectivity index (χ3n) is 3.35. The van der Waals surface area contributed by atoms with Gasteiger partial charge in [0.25, 0.3) is 5.17 Å². The van der Waals surface area contributed by atoms with Gasteiger partial charge >= 0.3 is 0 Å². The van der Waals surface area contributed by atoms with Crippen molar-refractivity contribution in [3.63, 3.8) is 0 Å². The number of nitrogens with zero attached hydrogens (tertiary/aromatic N) is 1. The van der Waals surface area contributed by atoms with E-state index in [1.165, 1.54) is 5.56 Å². The minimum Gasteiger partial charge on any atom is -0.431 e. The molecule has 1 aliphatic heterocycles. The van der Waals surface area contributed by atoms with Crippen LogP contribution < -0.4 is 4.90 Å². The highest BCUT2D eigenvalue weighted by molar-refractivity contribution is 7.80. The fraction of sp³-hybridized carbons (Fsp3) is 0.118. The van der Waals surface area contributed by atoms with Crippen LogP contribution in [0.2, 0.25) is 0 Å². The summed E-state index contributed by atoms with van der Waals surface area (Å²) in [6, 6.07) is 16.4. The van der Waals surface area contributed by atoms with Crippen LogP contribution in [0.25, 0.3) is 11.8 Å². The molecule has 0 saturated heterocycles. The molecule has 2 nitrogen and oxygen atoms in total. The minimum atomic E-state index is 0.475. The molecule has 0 bridgehead atoms. The van der Waals surface area contributed by atoms with E-state index in [9.17, 15) is 0 Å². The van der Waals surface area contributed by atoms with Crippen molar-refractivity contribution in [2.75, 3.05) is 11.9 Å². The monoisotopic (exact) mass is 281 g/mol. The molecule has 0 aromatic heterocycles. The van der Waals surface area contributed by atoms with Crippen molar-refractivity contribution in [1.29, 1.82) is 0 Å². The summed E-state index contributed by atoms with van der Waals surface area (Å²) < 4.78 is 5.80. The average Bonchev–Trinajstić information content (AvgIpc) is 2.45. The van der Waals surface area contributed by atoms with Gasteiger partial charge in [-0.25, -0.2) is 0 Å². The van der Waals surface area contributed by atoms with Crippen LogP contribution in [-0.4, -0.2) is 12.2 Å². The SMILES string of the molecule is Cc1ccc2c(c1)/C(=C/c1ccccc1)OC(=S)N2C. The van der Waals surface area contributed by atoms with Crippen molar-refractivity contribution >= 4 is 34.9 Å². The molecule has 0 spiro atoms. The van der Waals surface area contributed by atoms with Gasteiger partial charge < -0.3 is 9.64 Å². The van der Waals surface area contributed by atoms with Gasteiger partial charge in [-0.3, -0.25) is 0 Å². The molecule has 1 heterocycles. The highest BCUT2D eigenvalue weighted by atomic mass is 32.1. The molecular weight excluding hydrogens is 266 g/mol. The summed E-state index contributed by atoms with van der Waals surface area (Å²) in [5, 5.41) is 0.475. The lowest BCUT2D eigenvalue weighted by Gasteiger charge is -2.29. The Hall–Kier alpha value is -2.13. The van der Waals surface area contributed by atoms with E-state index < -0.39 is 0 Å². The Labute approximate surface area is 124 Å². The summed E-state index contributed by atoms with van der Waals surface area (Å²) in [7, 11) is 1.93. The summed E-state index contributed by atoms with van der Waals surface area (Å²) in [5.74, 6) is 0.804. The number of benzene rings is 2. The lowest BCUT2D eigenvalue weighted by molar-refractivity contribution is 0.504. The predicted octanol–water partition coefficient (Wildman–Crippen LogP) is 4.24. The molecule has 2 aromatic carbocycles. The molecule has 3 heteroatoms. The maximum absolute atomic E-state index is 5.80. The molecule has 0 radical (unpaired) electrons. The Morgan fingerprint density at radius 2 is 1.85 bits per heavy atom. The van der Waals surface area contributed by atoms with Gasteiger partial charge in [-0.1, -0.05) is 42.0 Å². The molecule has 2 aromatic rings. The molecule has 0 N–H and O–H groups in total. The molecule has 0 amide bonds. The maximum Gasteiger partial charge on any atom is 0.269 e. The zero-order valence-corrected chi connectivity index (χ0v) is 12.3. The van der Waals surface area contributed by atoms with Crippen LogP contribution in [0.15, 0.2) is 48.5 Å². The van der Waals surface area contributed by atoms with E-state index in [4.69, 9.17) is 17.0 Å². The van der Waals surface area contributed by atoms with Gasteiger partial charge in [0.1, 0.15) is 5.76 Å². The predicted molar refractivity (Wildman–Crippen MR) is 87.6 cm³/mol. The summed E-state index contributed by atoms with van der Waals surface area (Å²) in [6.07, 6.45) is 2.03. The number of fused-ring (bicyclic) bond motifs is 1. The third-order valence-corrected chi connectivity index (χ3v) is 3.70. The van der Waals surface area contributed by atoms with Gasteiger partial charge in [0, 0.05) is 12.6 Å². The lowest BCUT2D eigenvalue weighted by atomic mass is 10.0. The normalized spacial score (nSPS) is 16.0. The third kappa shape index (κ3) is 2.32. The standard InChI is InChI=1S/C17H15NOS/c1-12-8-9-15-14(10-12)16(19-17(20)18(15)2)11-13-6-4-3-5-7-13/h3-11H,1-2H3/b16-11-. The molecule has 0 saturated carbocycles. The topological polar surface area (TPSA) is 12.5 Å². The van der Waals surface area contributed by atoms with Crippen molar-refractivity contribution in [3.05, 3.63) is 65.2 Å². The Bertz CT molecular complexity index is 691. The van der Waals surface area contributed by atoms with E-state index in [1.807, 2.05) is 48.4 Å². The Balaban J connectivity index is 2.14. The van der Waals surface area contributed by atoms with Gasteiger partial charge in [0.15, 0.2) is 0 Å². The first-order valence-corrected chi connectivity index (χ1v) is 6.89. The largest absolute Gasteiger partial charge is 0.431 e. The van der Waals surface area contributed by atoms with E-state index in [0.717, 1.165) is 22.6 Å². The number of thiocarbonyl (C=S) groups is 1. The van der Waals surface area contributed by atoms with Crippen LogP contribution in [0.5, 0.6) is 0 Å². The lowest BCUT2D eigenvalue weighted by Crippen LogP contribution is -2.31. The zero-order valence-electron chi connectivity index (χ0n) is 11.5. The molecular formula is C17H15NOS. The second-order valence-corrected chi connectivity index (χ2v) is 5.22. The van der Waals surface area contributed by atoms with Gasteiger partial charge in [-0.05, 0) is 42.9 Å². The summed E-state index contributed by atoms with van der Waals surface area (Å²) in [4.78, 5) is 1.90. The van der Waals surface area contributed by atoms with E-state index in [-0.39, 0.29) is 0 Å². The smallest absolute Gasteiger partial charge is 0.269 e. The Morgan fingerprint density at radius 1 is 1.10 bits per heavy atom. The number of rotatable bonds is 1. The summed E-state index contributed by atoms with van der Waals surface area (Å²) >= 11 is 5.29. The first kappa shape index (κ1) is 12.9. The van der Waals surface area contributed by atoms with Crippen LogP contribution in [0.1, 0.15) is 16.7 Å². The minimum absolute atomic E-state index is 0.475. The van der Waals surface area contributed by atoms with E-state index in [0.29, 0.717) is 5.17 Å². The number of ether oxygens (including phenoxy) is 1. The van der Waals surface area contributed by atoms with Gasteiger partial charge in [0.2, 0.25) is 0 Å². The van der Waals surface area contributed by atoms with Gasteiger partial charge in [0.05, 0.1) is 5.69 Å². The van der Waals surface area contributed by atoms with E-state index in [1.54, 1.807) is 0 Å². The number of anilines is 1. The van der Waals surface area contributed by atoms with Crippen LogP contribution >= 0.6 is 12.2 Å². The molecule has 20 heavy (non-hydrogen) atoms. The number of aryl methyl sites for hydroxylation is 1. The van der Waals surface area contributed by atoms with Crippen molar-refractivity contribution in [2.45, 2.75) is 6.92 Å². The fourth-order valence-electron chi connectivity index (χ4n) is 2.26.